The van der Waals surface area contributed by atoms with E-state index >= 15 is 0 Å². The van der Waals surface area contributed by atoms with Gasteiger partial charge >= 0.3 is 0 Å². The lowest BCUT2D eigenvalue weighted by atomic mass is 10.3. The molecule has 0 aromatic carbocycles. The standard InChI is InChI=1S/C4H6Cl2F2/c1-3(6)4(7,8)2-5/h3H,2H2,1H3. The largest absolute Gasteiger partial charge is 0.277 e. The van der Waals surface area contributed by atoms with Crippen molar-refractivity contribution in [3.8, 4) is 0 Å². The zero-order valence-corrected chi connectivity index (χ0v) is 5.81. The van der Waals surface area contributed by atoms with Gasteiger partial charge in [-0.05, 0) is 6.92 Å². The Morgan fingerprint density at radius 2 is 2.00 bits per heavy atom. The van der Waals surface area contributed by atoms with Gasteiger partial charge in [0.05, 0.1) is 11.3 Å². The van der Waals surface area contributed by atoms with E-state index in [0.29, 0.717) is 0 Å². The lowest BCUT2D eigenvalue weighted by molar-refractivity contribution is 0.0260. The molecule has 1 atom stereocenters. The van der Waals surface area contributed by atoms with Crippen LogP contribution in [0.25, 0.3) is 0 Å². The van der Waals surface area contributed by atoms with Crippen molar-refractivity contribution in [1.29, 1.82) is 0 Å². The van der Waals surface area contributed by atoms with E-state index in [1.54, 1.807) is 0 Å². The third-order valence-electron chi connectivity index (χ3n) is 0.760. The van der Waals surface area contributed by atoms with Crippen LogP contribution in [0.2, 0.25) is 0 Å². The molecular formula is C4H6Cl2F2. The maximum atomic E-state index is 12.0. The van der Waals surface area contributed by atoms with E-state index in [0.717, 1.165) is 0 Å². The van der Waals surface area contributed by atoms with Gasteiger partial charge in [-0.3, -0.25) is 0 Å². The second kappa shape index (κ2) is 2.83. The minimum atomic E-state index is -2.93. The molecule has 0 fully saturated rings. The molecule has 0 N–H and O–H groups in total. The van der Waals surface area contributed by atoms with Crippen LogP contribution in [0.5, 0.6) is 0 Å². The van der Waals surface area contributed by atoms with Crippen LogP contribution in [0.3, 0.4) is 0 Å². The fraction of sp³-hybridized carbons (Fsp3) is 1.00. The molecule has 0 heterocycles. The Kier molecular flexibility index (Phi) is 2.99. The molecule has 0 aromatic heterocycles. The first-order valence-corrected chi connectivity index (χ1v) is 3.05. The Bertz CT molecular complexity index is 72.4. The van der Waals surface area contributed by atoms with Crippen LogP contribution in [-0.4, -0.2) is 17.2 Å². The summed E-state index contributed by atoms with van der Waals surface area (Å²) in [5.41, 5.74) is 0. The smallest absolute Gasteiger partial charge is 0.204 e. The van der Waals surface area contributed by atoms with E-state index in [1.165, 1.54) is 6.92 Å². The van der Waals surface area contributed by atoms with Gasteiger partial charge in [-0.2, -0.15) is 0 Å². The summed E-state index contributed by atoms with van der Waals surface area (Å²) in [6, 6.07) is 0. The predicted molar refractivity (Wildman–Crippen MR) is 31.0 cm³/mol. The molecule has 0 radical (unpaired) electrons. The zero-order chi connectivity index (χ0) is 6.78. The van der Waals surface area contributed by atoms with Gasteiger partial charge in [0, 0.05) is 0 Å². The van der Waals surface area contributed by atoms with Gasteiger partial charge in [-0.1, -0.05) is 0 Å². The highest BCUT2D eigenvalue weighted by molar-refractivity contribution is 6.23. The van der Waals surface area contributed by atoms with Gasteiger partial charge in [-0.15, -0.1) is 23.2 Å². The summed E-state index contributed by atoms with van der Waals surface area (Å²) in [4.78, 5) is 0. The maximum absolute atomic E-state index is 12.0. The highest BCUT2D eigenvalue weighted by Gasteiger charge is 2.33. The van der Waals surface area contributed by atoms with Crippen molar-refractivity contribution in [2.75, 3.05) is 5.88 Å². The van der Waals surface area contributed by atoms with Crippen LogP contribution >= 0.6 is 23.2 Å². The summed E-state index contributed by atoms with van der Waals surface area (Å²) in [5.74, 6) is -3.64. The quantitative estimate of drug-likeness (QED) is 0.548. The third-order valence-corrected chi connectivity index (χ3v) is 1.44. The van der Waals surface area contributed by atoms with E-state index in [2.05, 4.69) is 0 Å². The van der Waals surface area contributed by atoms with E-state index in [1.807, 2.05) is 0 Å². The first kappa shape index (κ1) is 8.44. The van der Waals surface area contributed by atoms with Crippen molar-refractivity contribution in [2.45, 2.75) is 18.2 Å². The molecule has 8 heavy (non-hydrogen) atoms. The second-order valence-corrected chi connectivity index (χ2v) is 2.43. The number of hydrogen-bond donors (Lipinski definition) is 0. The average molecular weight is 163 g/mol. The molecule has 50 valence electrons. The summed E-state index contributed by atoms with van der Waals surface area (Å²) in [6.07, 6.45) is 0. The summed E-state index contributed by atoms with van der Waals surface area (Å²) in [7, 11) is 0. The van der Waals surface area contributed by atoms with Crippen LogP contribution in [0.15, 0.2) is 0 Å². The Labute approximate surface area is 56.8 Å². The molecule has 0 aromatic rings. The summed E-state index contributed by atoms with van der Waals surface area (Å²) < 4.78 is 24.0. The van der Waals surface area contributed by atoms with Crippen molar-refractivity contribution in [3.05, 3.63) is 0 Å². The van der Waals surface area contributed by atoms with E-state index in [-0.39, 0.29) is 0 Å². The van der Waals surface area contributed by atoms with E-state index < -0.39 is 17.2 Å². The summed E-state index contributed by atoms with van der Waals surface area (Å²) >= 11 is 9.89. The molecule has 0 saturated heterocycles. The number of halogens is 4. The molecule has 4 heteroatoms. The molecule has 0 aliphatic carbocycles. The van der Waals surface area contributed by atoms with Crippen molar-refractivity contribution < 1.29 is 8.78 Å². The molecule has 0 aliphatic rings. The van der Waals surface area contributed by atoms with E-state index in [4.69, 9.17) is 23.2 Å². The third kappa shape index (κ3) is 2.14. The van der Waals surface area contributed by atoms with Crippen LogP contribution in [0, 0.1) is 0 Å². The average Bonchev–Trinajstić information content (AvgIpc) is 1.67. The van der Waals surface area contributed by atoms with Gasteiger partial charge in [0.2, 0.25) is 0 Å². The lowest BCUT2D eigenvalue weighted by Crippen LogP contribution is -2.28. The van der Waals surface area contributed by atoms with Crippen molar-refractivity contribution in [1.82, 2.24) is 0 Å². The molecule has 0 aliphatic heterocycles. The van der Waals surface area contributed by atoms with Crippen LogP contribution in [0.4, 0.5) is 8.78 Å². The minimum absolute atomic E-state index is 0.711. The fourth-order valence-electron chi connectivity index (χ4n) is 0.106. The molecule has 0 rings (SSSR count). The molecule has 0 saturated carbocycles. The first-order chi connectivity index (χ1) is 3.50. The Hall–Kier alpha value is 0.440. The lowest BCUT2D eigenvalue weighted by Gasteiger charge is -2.13. The molecule has 0 bridgehead atoms. The molecule has 0 amide bonds. The fourth-order valence-corrected chi connectivity index (χ4v) is 0.494. The second-order valence-electron chi connectivity index (χ2n) is 1.51. The molecule has 0 spiro atoms. The highest BCUT2D eigenvalue weighted by atomic mass is 35.5. The van der Waals surface area contributed by atoms with Crippen LogP contribution < -0.4 is 0 Å². The van der Waals surface area contributed by atoms with Gasteiger partial charge in [0.25, 0.3) is 5.92 Å². The Morgan fingerprint density at radius 1 is 1.62 bits per heavy atom. The van der Waals surface area contributed by atoms with E-state index in [9.17, 15) is 8.78 Å². The summed E-state index contributed by atoms with van der Waals surface area (Å²) in [5, 5.41) is -1.18. The van der Waals surface area contributed by atoms with Gasteiger partial charge in [0.1, 0.15) is 0 Å². The van der Waals surface area contributed by atoms with Crippen LogP contribution in [-0.2, 0) is 0 Å². The van der Waals surface area contributed by atoms with Crippen molar-refractivity contribution in [2.24, 2.45) is 0 Å². The monoisotopic (exact) mass is 162 g/mol. The summed E-state index contributed by atoms with van der Waals surface area (Å²) in [6.45, 7) is 1.21. The minimum Gasteiger partial charge on any atom is -0.204 e. The number of rotatable bonds is 2. The molecule has 0 nitrogen and oxygen atoms in total. The maximum Gasteiger partial charge on any atom is 0.277 e. The van der Waals surface area contributed by atoms with Gasteiger partial charge in [0.15, 0.2) is 0 Å². The Morgan fingerprint density at radius 3 is 2.00 bits per heavy atom. The van der Waals surface area contributed by atoms with Gasteiger partial charge < -0.3 is 0 Å². The normalized spacial score (nSPS) is 16.1. The van der Waals surface area contributed by atoms with Crippen molar-refractivity contribution in [3.63, 3.8) is 0 Å². The van der Waals surface area contributed by atoms with Gasteiger partial charge in [-0.25, -0.2) is 8.78 Å². The zero-order valence-electron chi connectivity index (χ0n) is 4.30. The first-order valence-electron chi connectivity index (χ1n) is 2.08. The van der Waals surface area contributed by atoms with Crippen LogP contribution in [0.1, 0.15) is 6.92 Å². The highest BCUT2D eigenvalue weighted by Crippen LogP contribution is 2.23. The SMILES string of the molecule is CC(Cl)C(F)(F)CCl. The molecular weight excluding hydrogens is 157 g/mol. The van der Waals surface area contributed by atoms with Crippen molar-refractivity contribution >= 4 is 23.2 Å². The predicted octanol–water partition coefficient (Wildman–Crippen LogP) is 2.49. The number of hydrogen-bond acceptors (Lipinski definition) is 0. The Balaban J connectivity index is 3.71. The number of alkyl halides is 4. The topological polar surface area (TPSA) is 0 Å². The molecule has 1 unspecified atom stereocenters.